The summed E-state index contributed by atoms with van der Waals surface area (Å²) in [5.74, 6) is -2.87. The minimum absolute atomic E-state index is 0.000465. The molecule has 1 fully saturated rings. The number of benzene rings is 1. The number of aliphatic imine (C=N–C) groups is 1. The minimum atomic E-state index is -1.22. The van der Waals surface area contributed by atoms with E-state index in [0.717, 1.165) is 16.5 Å². The molecule has 230 valence electrons. The highest BCUT2D eigenvalue weighted by molar-refractivity contribution is 5.95. The summed E-state index contributed by atoms with van der Waals surface area (Å²) in [5, 5.41) is 15.9. The maximum absolute atomic E-state index is 13.8. The number of hydrogen-bond acceptors (Lipinski definition) is 7. The van der Waals surface area contributed by atoms with Crippen molar-refractivity contribution < 1.29 is 24.3 Å². The smallest absolute Gasteiger partial charge is 0.326 e. The van der Waals surface area contributed by atoms with Gasteiger partial charge in [-0.1, -0.05) is 18.2 Å². The Morgan fingerprint density at radius 2 is 1.91 bits per heavy atom. The molecule has 4 rings (SSSR count). The first kappa shape index (κ1) is 31.0. The fraction of sp³-hybridized carbons (Fsp3) is 0.429. The number of carbonyl (C=O) groups is 4. The number of carboxylic acids is 1. The summed E-state index contributed by atoms with van der Waals surface area (Å²) < 4.78 is 0. The molecule has 3 amide bonds. The largest absolute Gasteiger partial charge is 0.480 e. The Labute approximate surface area is 247 Å². The molecule has 0 radical (unpaired) electrons. The maximum atomic E-state index is 13.8. The van der Waals surface area contributed by atoms with Crippen LogP contribution in [0.5, 0.6) is 0 Å². The summed E-state index contributed by atoms with van der Waals surface area (Å²) in [5.41, 5.74) is 19.4. The Morgan fingerprint density at radius 3 is 2.63 bits per heavy atom. The fourth-order valence-corrected chi connectivity index (χ4v) is 5.26. The summed E-state index contributed by atoms with van der Waals surface area (Å²) in [6, 6.07) is 3.61. The van der Waals surface area contributed by atoms with Crippen molar-refractivity contribution >= 4 is 40.6 Å². The van der Waals surface area contributed by atoms with Crippen molar-refractivity contribution in [2.45, 2.75) is 62.7 Å². The van der Waals surface area contributed by atoms with Crippen LogP contribution in [0.25, 0.3) is 10.9 Å². The Morgan fingerprint density at radius 1 is 1.12 bits per heavy atom. The molecule has 15 heteroatoms. The van der Waals surface area contributed by atoms with Crippen LogP contribution in [-0.4, -0.2) is 91.9 Å². The highest BCUT2D eigenvalue weighted by Crippen LogP contribution is 2.21. The van der Waals surface area contributed by atoms with Crippen molar-refractivity contribution in [3.63, 3.8) is 0 Å². The van der Waals surface area contributed by atoms with Crippen LogP contribution < -0.4 is 27.8 Å². The van der Waals surface area contributed by atoms with Crippen LogP contribution >= 0.6 is 0 Å². The zero-order valence-corrected chi connectivity index (χ0v) is 23.7. The van der Waals surface area contributed by atoms with E-state index in [1.165, 1.54) is 17.4 Å². The maximum Gasteiger partial charge on any atom is 0.326 e. The van der Waals surface area contributed by atoms with Crippen molar-refractivity contribution in [1.29, 1.82) is 0 Å². The highest BCUT2D eigenvalue weighted by Gasteiger charge is 2.39. The van der Waals surface area contributed by atoms with Crippen molar-refractivity contribution in [1.82, 2.24) is 30.5 Å². The van der Waals surface area contributed by atoms with E-state index in [1.807, 2.05) is 24.3 Å². The molecule has 0 saturated carbocycles. The molecule has 0 spiro atoms. The predicted molar refractivity (Wildman–Crippen MR) is 158 cm³/mol. The predicted octanol–water partition coefficient (Wildman–Crippen LogP) is -0.898. The number of para-hydroxylation sites is 1. The molecule has 3 aromatic rings. The van der Waals surface area contributed by atoms with Gasteiger partial charge in [-0.15, -0.1) is 0 Å². The standard InChI is InChI=1S/C28H38N10O5/c29-19(11-16-13-34-20-6-2-1-5-18(16)20)24(39)36-21(7-3-9-33-28(30)31)26(41)38-10-4-8-23(38)25(40)37-22(27(42)43)12-17-14-32-15-35-17/h1-2,5-6,13-15,19,21-23,34H,3-4,7-12,29H2,(H,32,35)(H,36,39)(H,37,40)(H,42,43)(H4,30,31,33). The molecule has 3 heterocycles. The second-order valence-corrected chi connectivity index (χ2v) is 10.6. The monoisotopic (exact) mass is 594 g/mol. The molecule has 4 atom stereocenters. The summed E-state index contributed by atoms with van der Waals surface area (Å²) in [6.07, 6.45) is 6.41. The van der Waals surface area contributed by atoms with Gasteiger partial charge in [-0.3, -0.25) is 19.4 Å². The topological polar surface area (TPSA) is 251 Å². The molecule has 1 saturated heterocycles. The summed E-state index contributed by atoms with van der Waals surface area (Å²) in [6.45, 7) is 0.512. The Kier molecular flexibility index (Phi) is 10.3. The number of rotatable bonds is 14. The van der Waals surface area contributed by atoms with Gasteiger partial charge in [0.2, 0.25) is 17.7 Å². The van der Waals surface area contributed by atoms with Gasteiger partial charge in [0.25, 0.3) is 0 Å². The van der Waals surface area contributed by atoms with Gasteiger partial charge < -0.3 is 47.8 Å². The number of nitrogens with two attached hydrogens (primary N) is 3. The first-order valence-electron chi connectivity index (χ1n) is 14.1. The molecule has 11 N–H and O–H groups in total. The molecular formula is C28H38N10O5. The van der Waals surface area contributed by atoms with Crippen molar-refractivity contribution in [3.8, 4) is 0 Å². The van der Waals surface area contributed by atoms with Crippen LogP contribution in [0.3, 0.4) is 0 Å². The summed E-state index contributed by atoms with van der Waals surface area (Å²) >= 11 is 0. The second kappa shape index (κ2) is 14.3. The molecule has 1 aromatic carbocycles. The van der Waals surface area contributed by atoms with E-state index < -0.39 is 47.9 Å². The number of carbonyl (C=O) groups excluding carboxylic acids is 3. The third-order valence-electron chi connectivity index (χ3n) is 7.44. The average Bonchev–Trinajstić information content (AvgIpc) is 3.75. The van der Waals surface area contributed by atoms with Gasteiger partial charge in [-0.25, -0.2) is 9.78 Å². The van der Waals surface area contributed by atoms with E-state index in [1.54, 1.807) is 6.20 Å². The Bertz CT molecular complexity index is 1450. The molecule has 15 nitrogen and oxygen atoms in total. The van der Waals surface area contributed by atoms with Crippen LogP contribution in [0.1, 0.15) is 36.9 Å². The molecule has 2 aromatic heterocycles. The molecule has 1 aliphatic rings. The van der Waals surface area contributed by atoms with Crippen molar-refractivity contribution in [3.05, 3.63) is 54.2 Å². The number of aliphatic carboxylic acids is 1. The molecule has 0 bridgehead atoms. The molecule has 4 unspecified atom stereocenters. The number of nitrogens with zero attached hydrogens (tertiary/aromatic N) is 3. The number of H-pyrrole nitrogens is 2. The summed E-state index contributed by atoms with van der Waals surface area (Å²) in [7, 11) is 0. The lowest BCUT2D eigenvalue weighted by atomic mass is 10.0. The van der Waals surface area contributed by atoms with E-state index in [4.69, 9.17) is 17.2 Å². The quantitative estimate of drug-likeness (QED) is 0.0653. The fourth-order valence-electron chi connectivity index (χ4n) is 5.26. The van der Waals surface area contributed by atoms with Gasteiger partial charge in [-0.2, -0.15) is 0 Å². The third kappa shape index (κ3) is 8.09. The van der Waals surface area contributed by atoms with Crippen LogP contribution in [0, 0.1) is 0 Å². The minimum Gasteiger partial charge on any atom is -0.480 e. The summed E-state index contributed by atoms with van der Waals surface area (Å²) in [4.78, 5) is 67.3. The number of aromatic nitrogens is 3. The van der Waals surface area contributed by atoms with Crippen molar-refractivity contribution in [2.75, 3.05) is 13.1 Å². The van der Waals surface area contributed by atoms with E-state index in [2.05, 4.69) is 30.6 Å². The van der Waals surface area contributed by atoms with Gasteiger partial charge in [0.05, 0.1) is 12.4 Å². The number of carboxylic acid groups (broad SMARTS) is 1. The average molecular weight is 595 g/mol. The number of imidazole rings is 1. The van der Waals surface area contributed by atoms with Gasteiger partial charge in [0.15, 0.2) is 5.96 Å². The lowest BCUT2D eigenvalue weighted by Crippen LogP contribution is -2.57. The van der Waals surface area contributed by atoms with Gasteiger partial charge >= 0.3 is 5.97 Å². The van der Waals surface area contributed by atoms with E-state index in [-0.39, 0.29) is 38.3 Å². The van der Waals surface area contributed by atoms with Crippen LogP contribution in [0.4, 0.5) is 0 Å². The SMILES string of the molecule is NC(N)=NCCCC(NC(=O)C(N)Cc1c[nH]c2ccccc12)C(=O)N1CCCC1C(=O)NC(Cc1cnc[nH]1)C(=O)O. The van der Waals surface area contributed by atoms with Crippen molar-refractivity contribution in [2.24, 2.45) is 22.2 Å². The molecular weight excluding hydrogens is 556 g/mol. The van der Waals surface area contributed by atoms with E-state index in [9.17, 15) is 24.3 Å². The van der Waals surface area contributed by atoms with Crippen LogP contribution in [0.15, 0.2) is 48.0 Å². The number of amides is 3. The van der Waals surface area contributed by atoms with Gasteiger partial charge in [0, 0.05) is 48.5 Å². The van der Waals surface area contributed by atoms with Gasteiger partial charge in [-0.05, 0) is 43.7 Å². The highest BCUT2D eigenvalue weighted by atomic mass is 16.4. The number of guanidine groups is 1. The van der Waals surface area contributed by atoms with Gasteiger partial charge in [0.1, 0.15) is 18.1 Å². The number of fused-ring (bicyclic) bond motifs is 1. The third-order valence-corrected chi connectivity index (χ3v) is 7.44. The van der Waals surface area contributed by atoms with Crippen LogP contribution in [0.2, 0.25) is 0 Å². The second-order valence-electron chi connectivity index (χ2n) is 10.6. The first-order chi connectivity index (χ1) is 20.6. The number of nitrogens with one attached hydrogen (secondary N) is 4. The van der Waals surface area contributed by atoms with Crippen LogP contribution in [-0.2, 0) is 32.0 Å². The van der Waals surface area contributed by atoms with E-state index in [0.29, 0.717) is 25.0 Å². The number of likely N-dealkylation sites (tertiary alicyclic amines) is 1. The molecule has 1 aliphatic heterocycles. The lowest BCUT2D eigenvalue weighted by molar-refractivity contribution is -0.145. The molecule has 43 heavy (non-hydrogen) atoms. The Balaban J connectivity index is 1.44. The zero-order chi connectivity index (χ0) is 30.9. The Hall–Kier alpha value is -4.92. The normalized spacial score (nSPS) is 16.8. The zero-order valence-electron chi connectivity index (χ0n) is 23.7. The number of aromatic amines is 2. The molecule has 0 aliphatic carbocycles. The first-order valence-corrected chi connectivity index (χ1v) is 14.1. The number of hydrogen-bond donors (Lipinski definition) is 8. The van der Waals surface area contributed by atoms with E-state index >= 15 is 0 Å². The lowest BCUT2D eigenvalue weighted by Gasteiger charge is -2.30.